The van der Waals surface area contributed by atoms with E-state index in [-0.39, 0.29) is 5.82 Å². The maximum Gasteiger partial charge on any atom is 0.240 e. The molecule has 3 aromatic rings. The highest BCUT2D eigenvalue weighted by Crippen LogP contribution is 2.30. The van der Waals surface area contributed by atoms with E-state index in [1.165, 1.54) is 23.7 Å². The van der Waals surface area contributed by atoms with Crippen LogP contribution in [0.15, 0.2) is 36.0 Å². The quantitative estimate of drug-likeness (QED) is 0.700. The molecule has 2 aromatic heterocycles. The van der Waals surface area contributed by atoms with Crippen molar-refractivity contribution in [3.05, 3.63) is 47.4 Å². The van der Waals surface area contributed by atoms with Gasteiger partial charge in [0.2, 0.25) is 5.88 Å². The third kappa shape index (κ3) is 1.93. The summed E-state index contributed by atoms with van der Waals surface area (Å²) in [4.78, 5) is 8.24. The first-order chi connectivity index (χ1) is 8.74. The van der Waals surface area contributed by atoms with Crippen molar-refractivity contribution in [1.29, 1.82) is 0 Å². The van der Waals surface area contributed by atoms with Gasteiger partial charge in [-0.1, -0.05) is 0 Å². The van der Waals surface area contributed by atoms with Crippen molar-refractivity contribution in [2.45, 2.75) is 6.92 Å². The molecule has 0 N–H and O–H groups in total. The Morgan fingerprint density at radius 1 is 1.22 bits per heavy atom. The van der Waals surface area contributed by atoms with Crippen LogP contribution in [0.5, 0.6) is 11.6 Å². The lowest BCUT2D eigenvalue weighted by Gasteiger charge is -2.06. The van der Waals surface area contributed by atoms with Crippen LogP contribution in [0.25, 0.3) is 10.2 Å². The fraction of sp³-hybridized carbons (Fsp3) is 0.0769. The Morgan fingerprint density at radius 2 is 2.11 bits per heavy atom. The third-order valence-electron chi connectivity index (χ3n) is 2.55. The summed E-state index contributed by atoms with van der Waals surface area (Å²) < 4.78 is 19.7. The molecule has 1 aromatic carbocycles. The average molecular weight is 260 g/mol. The van der Waals surface area contributed by atoms with Crippen LogP contribution in [-0.2, 0) is 0 Å². The van der Waals surface area contributed by atoms with E-state index in [9.17, 15) is 4.39 Å². The molecular formula is C13H9FN2OS. The highest BCUT2D eigenvalue weighted by atomic mass is 32.1. The Labute approximate surface area is 107 Å². The second-order valence-corrected chi connectivity index (χ2v) is 4.74. The summed E-state index contributed by atoms with van der Waals surface area (Å²) in [5.41, 5.74) is 1.40. The highest BCUT2D eigenvalue weighted by molar-refractivity contribution is 7.17. The van der Waals surface area contributed by atoms with Crippen molar-refractivity contribution in [2.75, 3.05) is 0 Å². The first kappa shape index (κ1) is 11.1. The lowest BCUT2D eigenvalue weighted by atomic mass is 10.2. The van der Waals surface area contributed by atoms with E-state index in [4.69, 9.17) is 4.74 Å². The van der Waals surface area contributed by atoms with Crippen LogP contribution in [-0.4, -0.2) is 9.97 Å². The SMILES string of the molecule is Cc1cc(Oc2ncnc3ccsc23)ccc1F. The minimum absolute atomic E-state index is 0.244. The number of fused-ring (bicyclic) bond motifs is 1. The largest absolute Gasteiger partial charge is 0.437 e. The van der Waals surface area contributed by atoms with Crippen LogP contribution >= 0.6 is 11.3 Å². The maximum absolute atomic E-state index is 13.2. The van der Waals surface area contributed by atoms with Crippen LogP contribution < -0.4 is 4.74 Å². The summed E-state index contributed by atoms with van der Waals surface area (Å²) in [7, 11) is 0. The molecule has 0 saturated heterocycles. The Bertz CT molecular complexity index is 711. The summed E-state index contributed by atoms with van der Waals surface area (Å²) in [5, 5.41) is 1.93. The molecule has 0 fully saturated rings. The molecule has 0 atom stereocenters. The molecule has 5 heteroatoms. The molecule has 3 nitrogen and oxygen atoms in total. The van der Waals surface area contributed by atoms with Crippen molar-refractivity contribution in [3.63, 3.8) is 0 Å². The first-order valence-electron chi connectivity index (χ1n) is 5.36. The molecular weight excluding hydrogens is 251 g/mol. The number of benzene rings is 1. The standard InChI is InChI=1S/C13H9FN2OS/c1-8-6-9(2-3-10(8)14)17-13-12-11(4-5-18-12)15-7-16-13/h2-7H,1H3. The Morgan fingerprint density at radius 3 is 2.94 bits per heavy atom. The number of rotatable bonds is 2. The predicted octanol–water partition coefficient (Wildman–Crippen LogP) is 3.93. The van der Waals surface area contributed by atoms with Gasteiger partial charge in [-0.25, -0.2) is 14.4 Å². The van der Waals surface area contributed by atoms with Crippen molar-refractivity contribution >= 4 is 21.6 Å². The van der Waals surface area contributed by atoms with Crippen LogP contribution in [0.2, 0.25) is 0 Å². The van der Waals surface area contributed by atoms with Crippen molar-refractivity contribution < 1.29 is 9.13 Å². The molecule has 90 valence electrons. The summed E-state index contributed by atoms with van der Waals surface area (Å²) in [6.07, 6.45) is 1.46. The van der Waals surface area contributed by atoms with Crippen LogP contribution in [0, 0.1) is 12.7 Å². The van der Waals surface area contributed by atoms with Gasteiger partial charge in [-0.3, -0.25) is 0 Å². The molecule has 0 bridgehead atoms. The third-order valence-corrected chi connectivity index (χ3v) is 3.45. The fourth-order valence-corrected chi connectivity index (χ4v) is 2.40. The topological polar surface area (TPSA) is 35.0 Å². The monoisotopic (exact) mass is 260 g/mol. The average Bonchev–Trinajstić information content (AvgIpc) is 2.83. The van der Waals surface area contributed by atoms with E-state index in [1.54, 1.807) is 19.1 Å². The van der Waals surface area contributed by atoms with Crippen molar-refractivity contribution in [1.82, 2.24) is 9.97 Å². The molecule has 0 aliphatic heterocycles. The second-order valence-electron chi connectivity index (χ2n) is 3.83. The number of thiophene rings is 1. The number of aryl methyl sites for hydroxylation is 1. The summed E-state index contributed by atoms with van der Waals surface area (Å²) in [6, 6.07) is 6.53. The van der Waals surface area contributed by atoms with Gasteiger partial charge >= 0.3 is 0 Å². The number of ether oxygens (including phenoxy) is 1. The van der Waals surface area contributed by atoms with Gasteiger partial charge in [0, 0.05) is 0 Å². The lowest BCUT2D eigenvalue weighted by Crippen LogP contribution is -1.90. The lowest BCUT2D eigenvalue weighted by molar-refractivity contribution is 0.466. The summed E-state index contributed by atoms with van der Waals surface area (Å²) in [5.74, 6) is 0.828. The predicted molar refractivity (Wildman–Crippen MR) is 68.6 cm³/mol. The van der Waals surface area contributed by atoms with E-state index in [0.717, 1.165) is 10.2 Å². The molecule has 0 aliphatic carbocycles. The Balaban J connectivity index is 2.01. The van der Waals surface area contributed by atoms with Gasteiger partial charge in [-0.05, 0) is 42.1 Å². The second kappa shape index (κ2) is 4.34. The molecule has 0 spiro atoms. The molecule has 0 radical (unpaired) electrons. The van der Waals surface area contributed by atoms with Crippen LogP contribution in [0.3, 0.4) is 0 Å². The van der Waals surface area contributed by atoms with Crippen molar-refractivity contribution in [2.24, 2.45) is 0 Å². The zero-order valence-corrected chi connectivity index (χ0v) is 10.4. The summed E-state index contributed by atoms with van der Waals surface area (Å²) >= 11 is 1.52. The van der Waals surface area contributed by atoms with Crippen molar-refractivity contribution in [3.8, 4) is 11.6 Å². The smallest absolute Gasteiger partial charge is 0.240 e. The molecule has 0 aliphatic rings. The van der Waals surface area contributed by atoms with Gasteiger partial charge in [0.15, 0.2) is 0 Å². The molecule has 0 amide bonds. The number of hydrogen-bond acceptors (Lipinski definition) is 4. The number of halogens is 1. The zero-order valence-electron chi connectivity index (χ0n) is 9.55. The van der Waals surface area contributed by atoms with E-state index >= 15 is 0 Å². The van der Waals surface area contributed by atoms with E-state index in [0.29, 0.717) is 17.2 Å². The van der Waals surface area contributed by atoms with E-state index in [2.05, 4.69) is 9.97 Å². The Kier molecular flexibility index (Phi) is 2.68. The van der Waals surface area contributed by atoms with Gasteiger partial charge in [0.25, 0.3) is 0 Å². The maximum atomic E-state index is 13.2. The number of nitrogens with zero attached hydrogens (tertiary/aromatic N) is 2. The molecule has 0 saturated carbocycles. The zero-order chi connectivity index (χ0) is 12.5. The normalized spacial score (nSPS) is 10.8. The molecule has 0 unspecified atom stereocenters. The Hall–Kier alpha value is -2.01. The van der Waals surface area contributed by atoms with Gasteiger partial charge in [0.1, 0.15) is 22.6 Å². The first-order valence-corrected chi connectivity index (χ1v) is 6.24. The van der Waals surface area contributed by atoms with Gasteiger partial charge in [-0.2, -0.15) is 0 Å². The number of hydrogen-bond donors (Lipinski definition) is 0. The van der Waals surface area contributed by atoms with Crippen LogP contribution in [0.1, 0.15) is 5.56 Å². The van der Waals surface area contributed by atoms with Gasteiger partial charge < -0.3 is 4.74 Å². The number of aromatic nitrogens is 2. The molecule has 3 rings (SSSR count). The van der Waals surface area contributed by atoms with Gasteiger partial charge in [0.05, 0.1) is 5.52 Å². The molecule has 2 heterocycles. The van der Waals surface area contributed by atoms with E-state index in [1.807, 2.05) is 11.4 Å². The fourth-order valence-electron chi connectivity index (χ4n) is 1.63. The van der Waals surface area contributed by atoms with Crippen LogP contribution in [0.4, 0.5) is 4.39 Å². The minimum Gasteiger partial charge on any atom is -0.437 e. The minimum atomic E-state index is -0.244. The van der Waals surface area contributed by atoms with Gasteiger partial charge in [-0.15, -0.1) is 11.3 Å². The molecule has 18 heavy (non-hydrogen) atoms. The highest BCUT2D eigenvalue weighted by Gasteiger charge is 2.08. The summed E-state index contributed by atoms with van der Waals surface area (Å²) in [6.45, 7) is 1.70. The van der Waals surface area contributed by atoms with E-state index < -0.39 is 0 Å².